The number of benzene rings is 1. The van der Waals surface area contributed by atoms with Gasteiger partial charge in [0.2, 0.25) is 0 Å². The molecular weight excluding hydrogens is 380 g/mol. The molecule has 0 amide bonds. The third-order valence-electron chi connectivity index (χ3n) is 7.71. The summed E-state index contributed by atoms with van der Waals surface area (Å²) in [6.07, 6.45) is 3.69. The number of allylic oxidation sites excluding steroid dienone is 1. The van der Waals surface area contributed by atoms with E-state index in [4.69, 9.17) is 9.47 Å². The summed E-state index contributed by atoms with van der Waals surface area (Å²) in [5.74, 6) is -0.639. The Labute approximate surface area is 176 Å². The third kappa shape index (κ3) is 2.34. The molecule has 5 atom stereocenters. The molecule has 0 N–H and O–H groups in total. The Balaban J connectivity index is 1.72. The molecule has 1 aromatic carbocycles. The first-order valence-electron chi connectivity index (χ1n) is 10.6. The van der Waals surface area contributed by atoms with Crippen LogP contribution in [0.2, 0.25) is 0 Å². The summed E-state index contributed by atoms with van der Waals surface area (Å²) in [6, 6.07) is 8.67. The second kappa shape index (κ2) is 6.71. The van der Waals surface area contributed by atoms with Crippen molar-refractivity contribution < 1.29 is 19.1 Å². The minimum absolute atomic E-state index is 0.000428. The predicted octanol–water partition coefficient (Wildman–Crippen LogP) is 3.15. The number of ether oxygens (including phenoxy) is 2. The maximum absolute atomic E-state index is 13.4. The van der Waals surface area contributed by atoms with E-state index in [1.54, 1.807) is 0 Å². The Morgan fingerprint density at radius 2 is 2.07 bits per heavy atom. The van der Waals surface area contributed by atoms with Crippen LogP contribution >= 0.6 is 0 Å². The highest BCUT2D eigenvalue weighted by Gasteiger charge is 2.65. The van der Waals surface area contributed by atoms with Crippen molar-refractivity contribution in [3.63, 3.8) is 0 Å². The maximum atomic E-state index is 13.4. The number of piperidine rings is 3. The third-order valence-corrected chi connectivity index (χ3v) is 7.71. The minimum Gasteiger partial charge on any atom is -0.468 e. The van der Waals surface area contributed by atoms with Crippen molar-refractivity contribution in [3.05, 3.63) is 47.2 Å². The summed E-state index contributed by atoms with van der Waals surface area (Å²) in [7, 11) is 3.59. The number of fused-ring (bicyclic) bond motifs is 4. The summed E-state index contributed by atoms with van der Waals surface area (Å²) in [6.45, 7) is 4.33. The molecule has 3 saturated heterocycles. The Morgan fingerprint density at radius 3 is 2.77 bits per heavy atom. The van der Waals surface area contributed by atoms with E-state index in [0.717, 1.165) is 19.4 Å². The summed E-state index contributed by atoms with van der Waals surface area (Å²) < 4.78 is 13.2. The van der Waals surface area contributed by atoms with Crippen LogP contribution in [0.4, 0.5) is 0 Å². The predicted molar refractivity (Wildman–Crippen MR) is 113 cm³/mol. The van der Waals surface area contributed by atoms with Crippen LogP contribution in [0.5, 0.6) is 0 Å². The topological polar surface area (TPSA) is 60.8 Å². The maximum Gasteiger partial charge on any atom is 0.317 e. The molecule has 0 aliphatic carbocycles. The Bertz CT molecular complexity index is 1080. The molecule has 4 aliphatic rings. The quantitative estimate of drug-likeness (QED) is 0.577. The largest absolute Gasteiger partial charge is 0.468 e. The lowest BCUT2D eigenvalue weighted by atomic mass is 9.55. The molecule has 6 nitrogen and oxygen atoms in total. The van der Waals surface area contributed by atoms with Crippen LogP contribution in [-0.2, 0) is 32.5 Å². The molecule has 0 radical (unpaired) electrons. The van der Waals surface area contributed by atoms with Crippen molar-refractivity contribution in [1.82, 2.24) is 9.47 Å². The molecule has 30 heavy (non-hydrogen) atoms. The van der Waals surface area contributed by atoms with Gasteiger partial charge in [-0.3, -0.25) is 14.5 Å². The molecule has 4 aliphatic heterocycles. The standard InChI is InChI=1S/C24H28N2O4/c1-5-15-12-26-20-11-18(15)24(23(28)29-4,13-30-14(2)27)21(26)10-17-16-8-6-7-9-19(16)25(3)22(17)20/h5-9,18,20-21H,10-13H2,1-4H3/b15-5-/t18-,20-,21-,24-/m0/s1. The van der Waals surface area contributed by atoms with E-state index in [0.29, 0.717) is 0 Å². The smallest absolute Gasteiger partial charge is 0.317 e. The number of rotatable bonds is 3. The van der Waals surface area contributed by atoms with E-state index in [-0.39, 0.29) is 36.5 Å². The number of aryl methyl sites for hydroxylation is 1. The SMILES string of the molecule is C/C=C1/CN2[C@H]3Cc4c(n(C)c5ccccc45)[C@@H]2C[C@@H]1[C@]3(COC(C)=O)C(=O)OC. The molecule has 5 heterocycles. The molecule has 2 aromatic rings. The second-order valence-electron chi connectivity index (χ2n) is 8.81. The summed E-state index contributed by atoms with van der Waals surface area (Å²) in [4.78, 5) is 27.6. The zero-order valence-electron chi connectivity index (χ0n) is 18.0. The lowest BCUT2D eigenvalue weighted by Crippen LogP contribution is -2.70. The Hall–Kier alpha value is -2.60. The normalized spacial score (nSPS) is 32.9. The number of esters is 2. The van der Waals surface area contributed by atoms with Gasteiger partial charge in [0.25, 0.3) is 0 Å². The molecule has 6 heteroatoms. The Kier molecular flexibility index (Phi) is 4.33. The zero-order chi connectivity index (χ0) is 21.2. The average Bonchev–Trinajstić information content (AvgIpc) is 3.04. The van der Waals surface area contributed by atoms with Gasteiger partial charge in [0, 0.05) is 49.1 Å². The van der Waals surface area contributed by atoms with Gasteiger partial charge in [0.05, 0.1) is 13.2 Å². The molecule has 1 aromatic heterocycles. The molecule has 0 spiro atoms. The second-order valence-corrected chi connectivity index (χ2v) is 8.81. The van der Waals surface area contributed by atoms with E-state index in [1.165, 1.54) is 41.8 Å². The zero-order valence-corrected chi connectivity index (χ0v) is 18.0. The van der Waals surface area contributed by atoms with Gasteiger partial charge in [-0.1, -0.05) is 29.8 Å². The average molecular weight is 408 g/mol. The highest BCUT2D eigenvalue weighted by Crippen LogP contribution is 2.60. The van der Waals surface area contributed by atoms with Gasteiger partial charge in [-0.05, 0) is 31.4 Å². The van der Waals surface area contributed by atoms with Gasteiger partial charge < -0.3 is 14.0 Å². The first kappa shape index (κ1) is 19.4. The number of para-hydroxylation sites is 1. The van der Waals surface area contributed by atoms with Crippen molar-refractivity contribution >= 4 is 22.8 Å². The van der Waals surface area contributed by atoms with Crippen LogP contribution in [0.3, 0.4) is 0 Å². The van der Waals surface area contributed by atoms with Crippen molar-refractivity contribution in [3.8, 4) is 0 Å². The van der Waals surface area contributed by atoms with E-state index in [2.05, 4.69) is 46.9 Å². The lowest BCUT2D eigenvalue weighted by Gasteiger charge is -2.62. The first-order chi connectivity index (χ1) is 14.4. The van der Waals surface area contributed by atoms with Crippen LogP contribution in [0.15, 0.2) is 35.9 Å². The van der Waals surface area contributed by atoms with Crippen molar-refractivity contribution in [2.75, 3.05) is 20.3 Å². The monoisotopic (exact) mass is 408 g/mol. The summed E-state index contributed by atoms with van der Waals surface area (Å²) >= 11 is 0. The van der Waals surface area contributed by atoms with Gasteiger partial charge in [0.15, 0.2) is 0 Å². The van der Waals surface area contributed by atoms with Crippen LogP contribution in [0.25, 0.3) is 10.9 Å². The van der Waals surface area contributed by atoms with Gasteiger partial charge in [-0.15, -0.1) is 0 Å². The number of hydrogen-bond donors (Lipinski definition) is 0. The first-order valence-corrected chi connectivity index (χ1v) is 10.6. The van der Waals surface area contributed by atoms with Crippen LogP contribution in [0.1, 0.15) is 37.6 Å². The fraction of sp³-hybridized carbons (Fsp3) is 0.500. The highest BCUT2D eigenvalue weighted by molar-refractivity contribution is 5.87. The van der Waals surface area contributed by atoms with Crippen molar-refractivity contribution in [2.24, 2.45) is 18.4 Å². The number of nitrogens with zero attached hydrogens (tertiary/aromatic N) is 2. The molecular formula is C24H28N2O4. The number of aromatic nitrogens is 1. The molecule has 1 unspecified atom stereocenters. The number of hydrogen-bond acceptors (Lipinski definition) is 5. The van der Waals surface area contributed by atoms with Gasteiger partial charge >= 0.3 is 11.9 Å². The molecule has 4 bridgehead atoms. The number of carbonyl (C=O) groups excluding carboxylic acids is 2. The van der Waals surface area contributed by atoms with Gasteiger partial charge in [-0.25, -0.2) is 0 Å². The fourth-order valence-electron chi connectivity index (χ4n) is 6.47. The van der Waals surface area contributed by atoms with E-state index < -0.39 is 5.41 Å². The number of carbonyl (C=O) groups is 2. The van der Waals surface area contributed by atoms with Crippen LogP contribution in [0, 0.1) is 11.3 Å². The molecule has 3 fully saturated rings. The molecule has 6 rings (SSSR count). The molecule has 158 valence electrons. The van der Waals surface area contributed by atoms with Crippen molar-refractivity contribution in [2.45, 2.75) is 38.8 Å². The van der Waals surface area contributed by atoms with Crippen molar-refractivity contribution in [1.29, 1.82) is 0 Å². The number of methoxy groups -OCH3 is 1. The lowest BCUT2D eigenvalue weighted by molar-refractivity contribution is -0.188. The van der Waals surface area contributed by atoms with Crippen LogP contribution < -0.4 is 0 Å². The summed E-state index contributed by atoms with van der Waals surface area (Å²) in [5.41, 5.74) is 4.26. The van der Waals surface area contributed by atoms with Gasteiger partial charge in [0.1, 0.15) is 12.0 Å². The minimum atomic E-state index is -0.883. The Morgan fingerprint density at radius 1 is 1.30 bits per heavy atom. The fourth-order valence-corrected chi connectivity index (χ4v) is 6.47. The summed E-state index contributed by atoms with van der Waals surface area (Å²) in [5, 5.41) is 1.25. The molecule has 0 saturated carbocycles. The van der Waals surface area contributed by atoms with E-state index in [1.807, 2.05) is 6.92 Å². The van der Waals surface area contributed by atoms with E-state index >= 15 is 0 Å². The highest BCUT2D eigenvalue weighted by atomic mass is 16.5. The van der Waals surface area contributed by atoms with Gasteiger partial charge in [-0.2, -0.15) is 0 Å². The van der Waals surface area contributed by atoms with Crippen LogP contribution in [-0.4, -0.2) is 47.7 Å². The van der Waals surface area contributed by atoms with E-state index in [9.17, 15) is 9.59 Å².